The first-order chi connectivity index (χ1) is 13.8. The lowest BCUT2D eigenvalue weighted by molar-refractivity contribution is -0.403. The summed E-state index contributed by atoms with van der Waals surface area (Å²) in [6, 6.07) is 6.75. The molecule has 0 bridgehead atoms. The van der Waals surface area contributed by atoms with Gasteiger partial charge in [0.1, 0.15) is 12.4 Å². The molecule has 0 aromatic carbocycles. The van der Waals surface area contributed by atoms with Gasteiger partial charge in [-0.1, -0.05) is 23.2 Å². The molecule has 0 spiro atoms. The third kappa shape index (κ3) is 21.9. The van der Waals surface area contributed by atoms with Gasteiger partial charge in [-0.15, -0.1) is 0 Å². The molecule has 30 heavy (non-hydrogen) atoms. The maximum atomic E-state index is 8.25. The van der Waals surface area contributed by atoms with E-state index in [1.165, 1.54) is 0 Å². The molecule has 0 aliphatic carbocycles. The normalized spacial score (nSPS) is 8.33. The predicted molar refractivity (Wildman–Crippen MR) is 108 cm³/mol. The Labute approximate surface area is 177 Å². The summed E-state index contributed by atoms with van der Waals surface area (Å²) in [6.07, 6.45) is 3.20. The molecule has 164 valence electrons. The molecular formula is C12H16Cl2N10O6. The number of halogens is 2. The number of rotatable bonds is 2. The molecule has 10 N–H and O–H groups in total. The number of H-pyrrole nitrogens is 2. The van der Waals surface area contributed by atoms with Gasteiger partial charge in [0.05, 0.1) is 20.2 Å². The van der Waals surface area contributed by atoms with Crippen LogP contribution in [-0.4, -0.2) is 22.1 Å². The van der Waals surface area contributed by atoms with Crippen molar-refractivity contribution in [2.45, 2.75) is 0 Å². The quantitative estimate of drug-likeness (QED) is 0.192. The van der Waals surface area contributed by atoms with Crippen LogP contribution in [0.5, 0.6) is 0 Å². The number of hydrogen-bond acceptors (Lipinski definition) is 8. The van der Waals surface area contributed by atoms with Crippen LogP contribution in [0.25, 0.3) is 0 Å². The number of guanidine groups is 2. The van der Waals surface area contributed by atoms with Gasteiger partial charge in [0.15, 0.2) is 0 Å². The fraction of sp³-hybridized carbons (Fsp3) is 0. The number of aliphatic imine (C=N–C) groups is 2. The number of pyridine rings is 2. The van der Waals surface area contributed by atoms with Crippen molar-refractivity contribution in [3.63, 3.8) is 0 Å². The molecule has 0 amide bonds. The van der Waals surface area contributed by atoms with Crippen molar-refractivity contribution in [1.82, 2.24) is 0 Å². The van der Waals surface area contributed by atoms with Gasteiger partial charge in [-0.2, -0.15) is 0 Å². The summed E-state index contributed by atoms with van der Waals surface area (Å²) in [7, 11) is 0. The summed E-state index contributed by atoms with van der Waals surface area (Å²) in [6.45, 7) is 0. The third-order valence-electron chi connectivity index (χ3n) is 2.02. The topological polar surface area (TPSA) is 289 Å². The van der Waals surface area contributed by atoms with Gasteiger partial charge in [-0.25, -0.2) is 9.97 Å². The molecule has 0 atom stereocenters. The molecule has 2 aromatic heterocycles. The van der Waals surface area contributed by atoms with Gasteiger partial charge in [0, 0.05) is 12.1 Å². The summed E-state index contributed by atoms with van der Waals surface area (Å²) in [5, 5.41) is 30.7. The minimum absolute atomic E-state index is 0.0172. The Balaban J connectivity index is 0. The summed E-state index contributed by atoms with van der Waals surface area (Å²) in [5.74, 6) is 1.19. The summed E-state index contributed by atoms with van der Waals surface area (Å²) in [5.41, 5.74) is 20.5. The van der Waals surface area contributed by atoms with Gasteiger partial charge >= 0.3 is 23.6 Å². The molecule has 0 saturated carbocycles. The molecule has 2 aromatic rings. The maximum absolute atomic E-state index is 8.25. The fourth-order valence-electron chi connectivity index (χ4n) is 1.21. The Morgan fingerprint density at radius 3 is 1.17 bits per heavy atom. The Kier molecular flexibility index (Phi) is 14.8. The van der Waals surface area contributed by atoms with Gasteiger partial charge in [0.25, 0.3) is 0 Å². The zero-order valence-corrected chi connectivity index (χ0v) is 16.3. The summed E-state index contributed by atoms with van der Waals surface area (Å²) in [4.78, 5) is 29.6. The lowest BCUT2D eigenvalue weighted by atomic mass is 10.5. The Hall–Kier alpha value is -4.18. The Bertz CT molecular complexity index is 760. The van der Waals surface area contributed by atoms with E-state index in [2.05, 4.69) is 20.0 Å². The van der Waals surface area contributed by atoms with E-state index in [1.54, 1.807) is 36.7 Å². The zero-order chi connectivity index (χ0) is 23.7. The van der Waals surface area contributed by atoms with Gasteiger partial charge in [-0.05, 0) is 22.1 Å². The highest BCUT2D eigenvalue weighted by Gasteiger charge is 2.00. The summed E-state index contributed by atoms with van der Waals surface area (Å²) < 4.78 is 0. The maximum Gasteiger partial charge on any atom is 0.325 e. The van der Waals surface area contributed by atoms with Gasteiger partial charge in [0.2, 0.25) is 0 Å². The Morgan fingerprint density at radius 2 is 1.00 bits per heavy atom. The lowest BCUT2D eigenvalue weighted by Crippen LogP contribution is -2.22. The number of nitrogens with two attached hydrogens (primary N) is 4. The van der Waals surface area contributed by atoms with E-state index in [9.17, 15) is 0 Å². The highest BCUT2D eigenvalue weighted by atomic mass is 35.5. The first-order valence-corrected chi connectivity index (χ1v) is 7.75. The van der Waals surface area contributed by atoms with Crippen molar-refractivity contribution < 1.29 is 20.1 Å². The first kappa shape index (κ1) is 28.0. The Morgan fingerprint density at radius 1 is 0.733 bits per heavy atom. The average molecular weight is 467 g/mol. The SMILES string of the molecule is NC(N)=Nc1ccc(Cl)c[nH+]1.NC(N)=Nc1ccc(Cl)c[nH+]1.O=[N+]([O-])[O-].O=[N+]([O-])[O-]. The van der Waals surface area contributed by atoms with E-state index in [1.807, 2.05) is 0 Å². The highest BCUT2D eigenvalue weighted by molar-refractivity contribution is 6.30. The minimum atomic E-state index is -1.75. The van der Waals surface area contributed by atoms with E-state index in [-0.39, 0.29) is 11.9 Å². The fourth-order valence-corrected chi connectivity index (χ4v) is 1.45. The zero-order valence-electron chi connectivity index (χ0n) is 14.8. The van der Waals surface area contributed by atoms with E-state index < -0.39 is 10.2 Å². The highest BCUT2D eigenvalue weighted by Crippen LogP contribution is 2.08. The monoisotopic (exact) mass is 466 g/mol. The molecule has 18 heteroatoms. The molecule has 2 heterocycles. The van der Waals surface area contributed by atoms with Crippen LogP contribution in [-0.2, 0) is 0 Å². The smallest absolute Gasteiger partial charge is 0.325 e. The largest absolute Gasteiger partial charge is 0.356 e. The molecule has 2 rings (SSSR count). The molecule has 0 aliphatic heterocycles. The van der Waals surface area contributed by atoms with Crippen molar-refractivity contribution in [1.29, 1.82) is 0 Å². The standard InChI is InChI=1S/2C6H7ClN4.2NO3/c2*7-4-1-2-5(10-3-4)11-6(8)9;2*2-1(3)4/h2*1-3H,(H4,8,9,10,11);;/q;;2*-1/p+2. The van der Waals surface area contributed by atoms with Crippen LogP contribution in [0, 0.1) is 30.6 Å². The number of nitrogens with zero attached hydrogens (tertiary/aromatic N) is 4. The number of aromatic nitrogens is 2. The summed E-state index contributed by atoms with van der Waals surface area (Å²) >= 11 is 11.2. The van der Waals surface area contributed by atoms with E-state index in [4.69, 9.17) is 76.8 Å². The van der Waals surface area contributed by atoms with Crippen LogP contribution in [0.15, 0.2) is 46.6 Å². The third-order valence-corrected chi connectivity index (χ3v) is 2.49. The molecule has 0 fully saturated rings. The molecule has 16 nitrogen and oxygen atoms in total. The molecule has 0 saturated heterocycles. The van der Waals surface area contributed by atoms with Crippen molar-refractivity contribution >= 4 is 46.8 Å². The van der Waals surface area contributed by atoms with Crippen LogP contribution in [0.2, 0.25) is 10.0 Å². The van der Waals surface area contributed by atoms with Crippen LogP contribution < -0.4 is 32.9 Å². The van der Waals surface area contributed by atoms with Crippen LogP contribution in [0.1, 0.15) is 0 Å². The van der Waals surface area contributed by atoms with Crippen LogP contribution in [0.3, 0.4) is 0 Å². The second-order valence-electron chi connectivity index (χ2n) is 4.30. The number of nitrogens with one attached hydrogen (secondary N) is 2. The molecule has 0 unspecified atom stereocenters. The van der Waals surface area contributed by atoms with Gasteiger partial charge < -0.3 is 53.6 Å². The van der Waals surface area contributed by atoms with Crippen molar-refractivity contribution in [3.8, 4) is 0 Å². The molecule has 0 radical (unpaired) electrons. The lowest BCUT2D eigenvalue weighted by Gasteiger charge is -1.84. The molecule has 0 aliphatic rings. The van der Waals surface area contributed by atoms with Crippen molar-refractivity contribution in [3.05, 3.63) is 77.3 Å². The minimum Gasteiger partial charge on any atom is -0.356 e. The van der Waals surface area contributed by atoms with Crippen LogP contribution in [0.4, 0.5) is 11.6 Å². The second kappa shape index (κ2) is 15.8. The molecular weight excluding hydrogens is 451 g/mol. The first-order valence-electron chi connectivity index (χ1n) is 7.00. The number of hydrogen-bond donors (Lipinski definition) is 4. The van der Waals surface area contributed by atoms with E-state index in [0.29, 0.717) is 21.7 Å². The predicted octanol–water partition coefficient (Wildman–Crippen LogP) is -0.360. The van der Waals surface area contributed by atoms with E-state index >= 15 is 0 Å². The van der Waals surface area contributed by atoms with Gasteiger partial charge in [-0.3, -0.25) is 0 Å². The van der Waals surface area contributed by atoms with Crippen LogP contribution >= 0.6 is 23.2 Å². The number of aromatic amines is 2. The average Bonchev–Trinajstić information content (AvgIpc) is 2.58. The van der Waals surface area contributed by atoms with E-state index in [0.717, 1.165) is 0 Å². The van der Waals surface area contributed by atoms with Crippen molar-refractivity contribution in [2.75, 3.05) is 0 Å². The van der Waals surface area contributed by atoms with Crippen molar-refractivity contribution in [2.24, 2.45) is 32.9 Å². The second-order valence-corrected chi connectivity index (χ2v) is 5.18.